The number of hydrogen-bond donors (Lipinski definition) is 2. The predicted octanol–water partition coefficient (Wildman–Crippen LogP) is 2.05. The zero-order valence-electron chi connectivity index (χ0n) is 9.80. The highest BCUT2D eigenvalue weighted by Crippen LogP contribution is 2.80. The molecule has 2 spiro atoms. The monoisotopic (exact) mass is 268 g/mol. The molecule has 0 aromatic carbocycles. The van der Waals surface area contributed by atoms with E-state index in [0.717, 1.165) is 0 Å². The van der Waals surface area contributed by atoms with E-state index in [2.05, 4.69) is 0 Å². The summed E-state index contributed by atoms with van der Waals surface area (Å²) in [6.07, 6.45) is 0.100. The van der Waals surface area contributed by atoms with Crippen molar-refractivity contribution in [2.45, 2.75) is 37.5 Å². The summed E-state index contributed by atoms with van der Waals surface area (Å²) in [4.78, 5) is 0. The van der Waals surface area contributed by atoms with Crippen molar-refractivity contribution in [2.75, 3.05) is 13.2 Å². The summed E-state index contributed by atoms with van der Waals surface area (Å²) in [7, 11) is 0. The Labute approximate surface area is 102 Å². The molecule has 0 bridgehead atoms. The standard InChI is InChI=1S/C12H16F4O2/c13-11(14)7(5-17)9(11)1-2-10(4-3-9)8(6-18)12(10,15)16/h7-8,17-18H,1-6H2/t7-,8-,9?,10?/m0/s1. The Morgan fingerprint density at radius 2 is 1.00 bits per heavy atom. The summed E-state index contributed by atoms with van der Waals surface area (Å²) in [5.74, 6) is -7.96. The van der Waals surface area contributed by atoms with Crippen molar-refractivity contribution in [3.8, 4) is 0 Å². The largest absolute Gasteiger partial charge is 0.396 e. The molecular weight excluding hydrogens is 252 g/mol. The maximum atomic E-state index is 13.6. The fraction of sp³-hybridized carbons (Fsp3) is 1.00. The Balaban J connectivity index is 1.75. The number of aliphatic hydroxyl groups is 2. The van der Waals surface area contributed by atoms with E-state index in [1.807, 2.05) is 0 Å². The molecular formula is C12H16F4O2. The van der Waals surface area contributed by atoms with Crippen molar-refractivity contribution in [2.24, 2.45) is 22.7 Å². The van der Waals surface area contributed by atoms with E-state index >= 15 is 0 Å². The summed E-state index contributed by atoms with van der Waals surface area (Å²) in [5.41, 5.74) is -2.52. The van der Waals surface area contributed by atoms with Gasteiger partial charge in [0.1, 0.15) is 0 Å². The maximum absolute atomic E-state index is 13.6. The number of rotatable bonds is 2. The average Bonchev–Trinajstić information content (AvgIpc) is 2.97. The van der Waals surface area contributed by atoms with E-state index in [0.29, 0.717) is 0 Å². The van der Waals surface area contributed by atoms with Crippen LogP contribution in [0.3, 0.4) is 0 Å². The molecule has 0 saturated heterocycles. The first-order chi connectivity index (χ1) is 8.30. The quantitative estimate of drug-likeness (QED) is 0.752. The molecule has 0 unspecified atom stereocenters. The molecule has 2 N–H and O–H groups in total. The fourth-order valence-corrected chi connectivity index (χ4v) is 4.27. The van der Waals surface area contributed by atoms with E-state index in [4.69, 9.17) is 10.2 Å². The molecule has 0 aromatic heterocycles. The van der Waals surface area contributed by atoms with Gasteiger partial charge in [0.15, 0.2) is 0 Å². The molecule has 0 heterocycles. The van der Waals surface area contributed by atoms with Crippen LogP contribution in [0.15, 0.2) is 0 Å². The van der Waals surface area contributed by atoms with E-state index in [9.17, 15) is 17.6 Å². The van der Waals surface area contributed by atoms with Crippen LogP contribution in [0.2, 0.25) is 0 Å². The number of halogens is 4. The summed E-state index contributed by atoms with van der Waals surface area (Å²) in [6, 6.07) is 0. The van der Waals surface area contributed by atoms with E-state index in [1.54, 1.807) is 0 Å². The second kappa shape index (κ2) is 3.20. The lowest BCUT2D eigenvalue weighted by atomic mass is 9.75. The van der Waals surface area contributed by atoms with Gasteiger partial charge in [0.05, 0.1) is 25.0 Å². The fourth-order valence-electron chi connectivity index (χ4n) is 4.27. The molecule has 0 aromatic rings. The lowest BCUT2D eigenvalue weighted by molar-refractivity contribution is 0.00325. The number of hydrogen-bond acceptors (Lipinski definition) is 2. The first-order valence-corrected chi connectivity index (χ1v) is 6.27. The van der Waals surface area contributed by atoms with Gasteiger partial charge >= 0.3 is 0 Å². The van der Waals surface area contributed by atoms with Gasteiger partial charge in [0, 0.05) is 10.8 Å². The van der Waals surface area contributed by atoms with Crippen LogP contribution >= 0.6 is 0 Å². The molecule has 3 aliphatic carbocycles. The third kappa shape index (κ3) is 1.08. The molecule has 0 radical (unpaired) electrons. The highest BCUT2D eigenvalue weighted by atomic mass is 19.3. The minimum absolute atomic E-state index is 0.0251. The van der Waals surface area contributed by atoms with Gasteiger partial charge in [-0.15, -0.1) is 0 Å². The minimum Gasteiger partial charge on any atom is -0.396 e. The third-order valence-electron chi connectivity index (χ3n) is 5.77. The van der Waals surface area contributed by atoms with Crippen molar-refractivity contribution < 1.29 is 27.8 Å². The SMILES string of the molecule is OC[C@@H]1C(F)(F)C12CCC1(CC2)[C@H](CO)C1(F)F. The Hall–Kier alpha value is -0.360. The van der Waals surface area contributed by atoms with Gasteiger partial charge in [0.2, 0.25) is 0 Å². The highest BCUT2D eigenvalue weighted by molar-refractivity contribution is 5.26. The maximum Gasteiger partial charge on any atom is 0.259 e. The Kier molecular flexibility index (Phi) is 2.25. The van der Waals surface area contributed by atoms with Crippen LogP contribution in [0.1, 0.15) is 25.7 Å². The van der Waals surface area contributed by atoms with Crippen molar-refractivity contribution in [3.05, 3.63) is 0 Å². The zero-order chi connectivity index (χ0) is 13.4. The molecule has 3 fully saturated rings. The number of aliphatic hydroxyl groups excluding tert-OH is 2. The average molecular weight is 268 g/mol. The van der Waals surface area contributed by atoms with Crippen LogP contribution in [0.25, 0.3) is 0 Å². The first kappa shape index (κ1) is 12.7. The van der Waals surface area contributed by atoms with Crippen molar-refractivity contribution in [1.29, 1.82) is 0 Å². The molecule has 2 atom stereocenters. The van der Waals surface area contributed by atoms with E-state index in [1.165, 1.54) is 0 Å². The summed E-state index contributed by atoms with van der Waals surface area (Å²) in [6.45, 7) is -1.17. The Morgan fingerprint density at radius 3 is 1.17 bits per heavy atom. The first-order valence-electron chi connectivity index (χ1n) is 6.27. The molecule has 18 heavy (non-hydrogen) atoms. The van der Waals surface area contributed by atoms with Gasteiger partial charge in [-0.2, -0.15) is 0 Å². The second-order valence-corrected chi connectivity index (χ2v) is 6.03. The Morgan fingerprint density at radius 1 is 0.722 bits per heavy atom. The summed E-state index contributed by atoms with van der Waals surface area (Å²) < 4.78 is 54.3. The van der Waals surface area contributed by atoms with Gasteiger partial charge in [-0.25, -0.2) is 17.6 Å². The van der Waals surface area contributed by atoms with Crippen LogP contribution in [-0.2, 0) is 0 Å². The lowest BCUT2D eigenvalue weighted by Gasteiger charge is -2.29. The molecule has 6 heteroatoms. The topological polar surface area (TPSA) is 40.5 Å². The van der Waals surface area contributed by atoms with Gasteiger partial charge < -0.3 is 10.2 Å². The van der Waals surface area contributed by atoms with E-state index < -0.39 is 47.7 Å². The van der Waals surface area contributed by atoms with Crippen molar-refractivity contribution in [1.82, 2.24) is 0 Å². The Bertz CT molecular complexity index is 338. The zero-order valence-corrected chi connectivity index (χ0v) is 9.80. The normalized spacial score (nSPS) is 51.7. The predicted molar refractivity (Wildman–Crippen MR) is 54.4 cm³/mol. The van der Waals surface area contributed by atoms with E-state index in [-0.39, 0.29) is 25.7 Å². The minimum atomic E-state index is -2.91. The third-order valence-corrected chi connectivity index (χ3v) is 5.77. The van der Waals surface area contributed by atoms with Crippen LogP contribution < -0.4 is 0 Å². The van der Waals surface area contributed by atoms with Gasteiger partial charge in [-0.05, 0) is 25.7 Å². The van der Waals surface area contributed by atoms with Crippen molar-refractivity contribution in [3.63, 3.8) is 0 Å². The highest BCUT2D eigenvalue weighted by Gasteiger charge is 2.86. The molecule has 0 amide bonds. The van der Waals surface area contributed by atoms with Gasteiger partial charge in [-0.1, -0.05) is 0 Å². The molecule has 104 valence electrons. The van der Waals surface area contributed by atoms with Crippen LogP contribution in [0.4, 0.5) is 17.6 Å². The molecule has 3 aliphatic rings. The smallest absolute Gasteiger partial charge is 0.259 e. The summed E-state index contributed by atoms with van der Waals surface area (Å²) in [5, 5.41) is 17.9. The second-order valence-electron chi connectivity index (χ2n) is 6.03. The van der Waals surface area contributed by atoms with Gasteiger partial charge in [-0.3, -0.25) is 0 Å². The van der Waals surface area contributed by atoms with Crippen LogP contribution in [0.5, 0.6) is 0 Å². The molecule has 0 aliphatic heterocycles. The molecule has 2 nitrogen and oxygen atoms in total. The van der Waals surface area contributed by atoms with Crippen LogP contribution in [0, 0.1) is 22.7 Å². The lowest BCUT2D eigenvalue weighted by Crippen LogP contribution is -2.26. The van der Waals surface area contributed by atoms with Crippen LogP contribution in [-0.4, -0.2) is 35.3 Å². The summed E-state index contributed by atoms with van der Waals surface area (Å²) >= 11 is 0. The van der Waals surface area contributed by atoms with Crippen molar-refractivity contribution >= 4 is 0 Å². The number of alkyl halides is 4. The van der Waals surface area contributed by atoms with Gasteiger partial charge in [0.25, 0.3) is 11.8 Å². The molecule has 3 rings (SSSR count). The molecule has 3 saturated carbocycles.